The van der Waals surface area contributed by atoms with E-state index in [9.17, 15) is 8.42 Å². The summed E-state index contributed by atoms with van der Waals surface area (Å²) in [7, 11) is -1.31. The Labute approximate surface area is 128 Å². The van der Waals surface area contributed by atoms with Crippen molar-refractivity contribution in [2.45, 2.75) is 39.2 Å². The van der Waals surface area contributed by atoms with Crippen LogP contribution in [0.25, 0.3) is 0 Å². The van der Waals surface area contributed by atoms with E-state index < -0.39 is 9.84 Å². The molecule has 0 aliphatic carbocycles. The molecule has 0 aliphatic rings. The van der Waals surface area contributed by atoms with Gasteiger partial charge in [0.2, 0.25) is 5.88 Å². The van der Waals surface area contributed by atoms with Crippen LogP contribution in [0.2, 0.25) is 0 Å². The quantitative estimate of drug-likeness (QED) is 0.718. The lowest BCUT2D eigenvalue weighted by Crippen LogP contribution is -2.24. The maximum Gasteiger partial charge on any atom is 0.217 e. The first-order valence-corrected chi connectivity index (χ1v) is 9.28. The average molecular weight is 314 g/mol. The number of nitrogens with one attached hydrogen (secondary N) is 1. The molecule has 0 amide bonds. The van der Waals surface area contributed by atoms with Crippen LogP contribution < -0.4 is 10.1 Å². The van der Waals surface area contributed by atoms with Gasteiger partial charge in [-0.3, -0.25) is 0 Å². The number of nitrogens with zero attached hydrogens (tertiary/aromatic N) is 1. The highest BCUT2D eigenvalue weighted by atomic mass is 32.2. The van der Waals surface area contributed by atoms with Crippen LogP contribution >= 0.6 is 0 Å². The number of hydrogen-bond donors (Lipinski definition) is 1. The summed E-state index contributed by atoms with van der Waals surface area (Å²) in [4.78, 5) is 4.22. The zero-order chi connectivity index (χ0) is 15.7. The second-order valence-corrected chi connectivity index (χ2v) is 7.46. The predicted molar refractivity (Wildman–Crippen MR) is 85.4 cm³/mol. The van der Waals surface area contributed by atoms with Crippen molar-refractivity contribution in [3.63, 3.8) is 0 Å². The minimum Gasteiger partial charge on any atom is -0.481 e. The van der Waals surface area contributed by atoms with Crippen LogP contribution in [0, 0.1) is 0 Å². The van der Waals surface area contributed by atoms with E-state index in [4.69, 9.17) is 4.74 Å². The van der Waals surface area contributed by atoms with E-state index in [1.165, 1.54) is 0 Å². The fourth-order valence-electron chi connectivity index (χ4n) is 2.18. The Morgan fingerprint density at radius 3 is 2.76 bits per heavy atom. The van der Waals surface area contributed by atoms with Crippen LogP contribution in [0.1, 0.15) is 44.7 Å². The van der Waals surface area contributed by atoms with E-state index in [1.54, 1.807) is 20.2 Å². The number of methoxy groups -OCH3 is 1. The molecule has 5 nitrogen and oxygen atoms in total. The monoisotopic (exact) mass is 314 g/mol. The topological polar surface area (TPSA) is 68.3 Å². The molecule has 1 rings (SSSR count). The van der Waals surface area contributed by atoms with Gasteiger partial charge in [-0.15, -0.1) is 0 Å². The van der Waals surface area contributed by atoms with Crippen molar-refractivity contribution in [1.82, 2.24) is 10.3 Å². The van der Waals surface area contributed by atoms with Gasteiger partial charge in [-0.1, -0.05) is 19.9 Å². The normalized spacial score (nSPS) is 13.1. The number of ether oxygens (including phenoxy) is 1. The zero-order valence-corrected chi connectivity index (χ0v) is 13.9. The molecule has 1 aromatic heterocycles. The summed E-state index contributed by atoms with van der Waals surface area (Å²) >= 11 is 0. The molecule has 0 fully saturated rings. The van der Waals surface area contributed by atoms with Crippen LogP contribution in [0.15, 0.2) is 18.3 Å². The second-order valence-electron chi connectivity index (χ2n) is 4.99. The molecule has 21 heavy (non-hydrogen) atoms. The van der Waals surface area contributed by atoms with Crippen molar-refractivity contribution in [2.24, 2.45) is 0 Å². The van der Waals surface area contributed by atoms with Gasteiger partial charge in [0.05, 0.1) is 12.9 Å². The van der Waals surface area contributed by atoms with Gasteiger partial charge in [0, 0.05) is 23.6 Å². The summed E-state index contributed by atoms with van der Waals surface area (Å²) < 4.78 is 28.5. The molecule has 0 radical (unpaired) electrons. The van der Waals surface area contributed by atoms with E-state index in [-0.39, 0.29) is 17.5 Å². The Morgan fingerprint density at radius 2 is 2.14 bits per heavy atom. The van der Waals surface area contributed by atoms with Crippen LogP contribution in [-0.4, -0.2) is 38.6 Å². The highest BCUT2D eigenvalue weighted by Gasteiger charge is 2.17. The summed E-state index contributed by atoms with van der Waals surface area (Å²) in [5.74, 6) is 1.04. The largest absolute Gasteiger partial charge is 0.481 e. The minimum atomic E-state index is -2.91. The molecule has 1 heterocycles. The third-order valence-electron chi connectivity index (χ3n) is 3.40. The van der Waals surface area contributed by atoms with E-state index in [2.05, 4.69) is 17.2 Å². The van der Waals surface area contributed by atoms with Crippen molar-refractivity contribution in [1.29, 1.82) is 0 Å². The van der Waals surface area contributed by atoms with Gasteiger partial charge in [0.1, 0.15) is 9.84 Å². The van der Waals surface area contributed by atoms with Crippen LogP contribution in [-0.2, 0) is 9.84 Å². The second kappa shape index (κ2) is 9.00. The lowest BCUT2D eigenvalue weighted by atomic mass is 10.0. The Bertz CT molecular complexity index is 517. The first-order chi connectivity index (χ1) is 10.0. The Morgan fingerprint density at radius 1 is 1.38 bits per heavy atom. The number of sulfone groups is 1. The molecule has 6 heteroatoms. The molecular formula is C15H26N2O3S. The summed E-state index contributed by atoms with van der Waals surface area (Å²) in [6, 6.07) is 3.93. The molecular weight excluding hydrogens is 288 g/mol. The zero-order valence-electron chi connectivity index (χ0n) is 13.1. The maximum absolute atomic E-state index is 11.6. The first-order valence-electron chi connectivity index (χ1n) is 7.46. The lowest BCUT2D eigenvalue weighted by Gasteiger charge is -2.20. The molecule has 1 aromatic rings. The molecule has 0 aliphatic heterocycles. The standard InChI is InChI=1S/C15H26N2O3S/c1-4-10-16-14(9-7-12-21(18,19)5-2)13-8-6-11-17-15(13)20-3/h6,8,11,14,16H,4-5,7,9-10,12H2,1-3H3. The van der Waals surface area contributed by atoms with Gasteiger partial charge in [0.25, 0.3) is 0 Å². The van der Waals surface area contributed by atoms with Crippen molar-refractivity contribution >= 4 is 9.84 Å². The Hall–Kier alpha value is -1.14. The molecule has 1 N–H and O–H groups in total. The van der Waals surface area contributed by atoms with Gasteiger partial charge in [-0.05, 0) is 31.9 Å². The lowest BCUT2D eigenvalue weighted by molar-refractivity contribution is 0.378. The fourth-order valence-corrected chi connectivity index (χ4v) is 3.07. The third-order valence-corrected chi connectivity index (χ3v) is 5.19. The van der Waals surface area contributed by atoms with Gasteiger partial charge in [0.15, 0.2) is 0 Å². The van der Waals surface area contributed by atoms with Gasteiger partial charge in [-0.2, -0.15) is 0 Å². The Balaban J connectivity index is 2.76. The van der Waals surface area contributed by atoms with E-state index in [1.807, 2.05) is 12.1 Å². The summed E-state index contributed by atoms with van der Waals surface area (Å²) in [5, 5.41) is 3.45. The first kappa shape index (κ1) is 17.9. The van der Waals surface area contributed by atoms with Crippen LogP contribution in [0.3, 0.4) is 0 Å². The van der Waals surface area contributed by atoms with Crippen LogP contribution in [0.5, 0.6) is 5.88 Å². The smallest absolute Gasteiger partial charge is 0.217 e. The molecule has 120 valence electrons. The van der Waals surface area contributed by atoms with Gasteiger partial charge >= 0.3 is 0 Å². The summed E-state index contributed by atoms with van der Waals surface area (Å²) in [5.41, 5.74) is 0.988. The van der Waals surface area contributed by atoms with Crippen LogP contribution in [0.4, 0.5) is 0 Å². The van der Waals surface area contributed by atoms with Crippen molar-refractivity contribution < 1.29 is 13.2 Å². The van der Waals surface area contributed by atoms with Gasteiger partial charge < -0.3 is 10.1 Å². The van der Waals surface area contributed by atoms with E-state index >= 15 is 0 Å². The Kier molecular flexibility index (Phi) is 7.67. The minimum absolute atomic E-state index is 0.0701. The summed E-state index contributed by atoms with van der Waals surface area (Å²) in [6.45, 7) is 4.67. The van der Waals surface area contributed by atoms with Crippen molar-refractivity contribution in [2.75, 3.05) is 25.2 Å². The number of pyridine rings is 1. The fraction of sp³-hybridized carbons (Fsp3) is 0.667. The third kappa shape index (κ3) is 6.01. The maximum atomic E-state index is 11.6. The molecule has 0 saturated carbocycles. The predicted octanol–water partition coefficient (Wildman–Crippen LogP) is 2.35. The number of hydrogen-bond acceptors (Lipinski definition) is 5. The van der Waals surface area contributed by atoms with Gasteiger partial charge in [-0.25, -0.2) is 13.4 Å². The molecule has 0 aromatic carbocycles. The number of rotatable bonds is 10. The molecule has 1 atom stereocenters. The van der Waals surface area contributed by atoms with Crippen molar-refractivity contribution in [3.8, 4) is 5.88 Å². The van der Waals surface area contributed by atoms with E-state index in [0.717, 1.165) is 24.9 Å². The highest BCUT2D eigenvalue weighted by molar-refractivity contribution is 7.91. The molecule has 0 spiro atoms. The van der Waals surface area contributed by atoms with E-state index in [0.29, 0.717) is 12.3 Å². The summed E-state index contributed by atoms with van der Waals surface area (Å²) in [6.07, 6.45) is 4.10. The average Bonchev–Trinajstić information content (AvgIpc) is 2.50. The highest BCUT2D eigenvalue weighted by Crippen LogP contribution is 2.26. The molecule has 1 unspecified atom stereocenters. The molecule has 0 bridgehead atoms. The van der Waals surface area contributed by atoms with Crippen molar-refractivity contribution in [3.05, 3.63) is 23.9 Å². The number of aromatic nitrogens is 1. The SMILES string of the molecule is CCCNC(CCCS(=O)(=O)CC)c1cccnc1OC. The molecule has 0 saturated heterocycles.